The molecule has 2 bridgehead atoms. The Morgan fingerprint density at radius 1 is 1.11 bits per heavy atom. The van der Waals surface area contributed by atoms with E-state index < -0.39 is 35.1 Å². The van der Waals surface area contributed by atoms with Crippen molar-refractivity contribution in [3.8, 4) is 11.8 Å². The summed E-state index contributed by atoms with van der Waals surface area (Å²) in [6.45, 7) is 11.7. The number of fused-ring (bicyclic) bond motifs is 2. The second kappa shape index (κ2) is 8.53. The first-order valence-electron chi connectivity index (χ1n) is 11.9. The standard InChI is InChI=1S/C26H34F6O3/c1-15(7-6-11-24(35,25(27,28)29)26(30,31)32)22(5)12-10-17(21(22,3)4)8-9-20-19-13-18(33)14-23(20,34)16(19)2/h8-9,15,17-20,33-35H,2,7,10,12-14H2,1,3-5H3/b9-8+/t15-,17-,18-,19?,20?,22-,23-/m1/s1. The third kappa shape index (κ3) is 4.23. The van der Waals surface area contributed by atoms with Crippen molar-refractivity contribution in [2.45, 2.75) is 89.5 Å². The van der Waals surface area contributed by atoms with Gasteiger partial charge < -0.3 is 15.3 Å². The predicted octanol–water partition coefficient (Wildman–Crippen LogP) is 5.56. The van der Waals surface area contributed by atoms with Gasteiger partial charge in [0.2, 0.25) is 0 Å². The van der Waals surface area contributed by atoms with Gasteiger partial charge in [0.1, 0.15) is 0 Å². The Balaban J connectivity index is 1.74. The second-order valence-electron chi connectivity index (χ2n) is 11.5. The summed E-state index contributed by atoms with van der Waals surface area (Å²) in [4.78, 5) is 0. The Morgan fingerprint density at radius 3 is 2.20 bits per heavy atom. The van der Waals surface area contributed by atoms with E-state index in [0.717, 1.165) is 17.9 Å². The van der Waals surface area contributed by atoms with Crippen molar-refractivity contribution < 1.29 is 41.7 Å². The average molecular weight is 509 g/mol. The Kier molecular flexibility index (Phi) is 6.84. The zero-order chi connectivity index (χ0) is 26.8. The van der Waals surface area contributed by atoms with Crippen LogP contribution in [0, 0.1) is 46.3 Å². The molecule has 9 heteroatoms. The van der Waals surface area contributed by atoms with Crippen molar-refractivity contribution in [1.29, 1.82) is 0 Å². The molecule has 3 aliphatic carbocycles. The number of hydrogen-bond acceptors (Lipinski definition) is 3. The van der Waals surface area contributed by atoms with Crippen molar-refractivity contribution >= 4 is 0 Å². The first-order chi connectivity index (χ1) is 15.7. The first-order valence-corrected chi connectivity index (χ1v) is 11.9. The van der Waals surface area contributed by atoms with Gasteiger partial charge in [-0.05, 0) is 59.3 Å². The number of aliphatic hydroxyl groups excluding tert-OH is 1. The molecule has 0 spiro atoms. The minimum Gasteiger partial charge on any atom is -0.393 e. The summed E-state index contributed by atoms with van der Waals surface area (Å²) in [5.41, 5.74) is -6.21. The summed E-state index contributed by atoms with van der Waals surface area (Å²) in [7, 11) is 0. The zero-order valence-corrected chi connectivity index (χ0v) is 20.4. The molecule has 0 aliphatic heterocycles. The van der Waals surface area contributed by atoms with E-state index in [1.807, 2.05) is 32.8 Å². The van der Waals surface area contributed by atoms with Crippen LogP contribution in [-0.2, 0) is 0 Å². The van der Waals surface area contributed by atoms with E-state index in [9.17, 15) is 41.7 Å². The maximum atomic E-state index is 12.9. The van der Waals surface area contributed by atoms with Gasteiger partial charge in [-0.15, -0.1) is 0 Å². The van der Waals surface area contributed by atoms with Crippen LogP contribution >= 0.6 is 0 Å². The Morgan fingerprint density at radius 2 is 1.69 bits per heavy atom. The third-order valence-corrected chi connectivity index (χ3v) is 9.57. The normalized spacial score (nSPS) is 38.1. The molecule has 0 heterocycles. The van der Waals surface area contributed by atoms with Gasteiger partial charge in [0.15, 0.2) is 0 Å². The smallest absolute Gasteiger partial charge is 0.393 e. The molecular weight excluding hydrogens is 474 g/mol. The van der Waals surface area contributed by atoms with E-state index >= 15 is 0 Å². The molecule has 0 radical (unpaired) electrons. The van der Waals surface area contributed by atoms with Crippen molar-refractivity contribution in [3.05, 3.63) is 24.3 Å². The Labute approximate surface area is 202 Å². The summed E-state index contributed by atoms with van der Waals surface area (Å²) in [5.74, 6) is 2.67. The lowest BCUT2D eigenvalue weighted by molar-refractivity contribution is -0.343. The van der Waals surface area contributed by atoms with Crippen LogP contribution in [0.5, 0.6) is 0 Å². The number of alkyl halides is 6. The van der Waals surface area contributed by atoms with Crippen molar-refractivity contribution in [2.75, 3.05) is 0 Å². The summed E-state index contributed by atoms with van der Waals surface area (Å²) in [6, 6.07) is 0. The molecule has 3 N–H and O–H groups in total. The van der Waals surface area contributed by atoms with Gasteiger partial charge >= 0.3 is 18.0 Å². The predicted molar refractivity (Wildman–Crippen MR) is 119 cm³/mol. The Bertz CT molecular complexity index is 925. The van der Waals surface area contributed by atoms with E-state index in [1.54, 1.807) is 6.92 Å². The largest absolute Gasteiger partial charge is 0.438 e. The summed E-state index contributed by atoms with van der Waals surface area (Å²) >= 11 is 0. The highest BCUT2D eigenvalue weighted by atomic mass is 19.4. The molecule has 0 aromatic heterocycles. The van der Waals surface area contributed by atoms with Gasteiger partial charge in [0.05, 0.1) is 11.7 Å². The maximum Gasteiger partial charge on any atom is 0.438 e. The molecule has 0 aromatic carbocycles. The number of aliphatic hydroxyl groups is 3. The highest BCUT2D eigenvalue weighted by molar-refractivity contribution is 5.37. The second-order valence-corrected chi connectivity index (χ2v) is 11.5. The lowest BCUT2D eigenvalue weighted by Gasteiger charge is -2.58. The fraction of sp³-hybridized carbons (Fsp3) is 0.769. The molecule has 35 heavy (non-hydrogen) atoms. The highest BCUT2D eigenvalue weighted by Gasteiger charge is 2.70. The van der Waals surface area contributed by atoms with Crippen molar-refractivity contribution in [1.82, 2.24) is 0 Å². The highest BCUT2D eigenvalue weighted by Crippen LogP contribution is 2.62. The van der Waals surface area contributed by atoms with E-state index in [-0.39, 0.29) is 41.9 Å². The molecule has 0 saturated heterocycles. The lowest BCUT2D eigenvalue weighted by atomic mass is 9.50. The summed E-state index contributed by atoms with van der Waals surface area (Å²) in [6.07, 6.45) is -6.38. The minimum atomic E-state index is -5.96. The molecule has 0 amide bonds. The molecule has 198 valence electrons. The molecule has 3 nitrogen and oxygen atoms in total. The molecule has 7 atom stereocenters. The van der Waals surface area contributed by atoms with Crippen LogP contribution in [-0.4, -0.2) is 45.0 Å². The Hall–Kier alpha value is -1.50. The van der Waals surface area contributed by atoms with Crippen LogP contribution in [0.1, 0.15) is 59.8 Å². The molecular formula is C26H34F6O3. The first kappa shape index (κ1) is 28.1. The molecule has 2 unspecified atom stereocenters. The van der Waals surface area contributed by atoms with E-state index in [2.05, 4.69) is 12.7 Å². The number of allylic oxidation sites excluding steroid dienone is 1. The number of hydrogen-bond donors (Lipinski definition) is 3. The fourth-order valence-corrected chi connectivity index (χ4v) is 6.47. The summed E-state index contributed by atoms with van der Waals surface area (Å²) < 4.78 is 77.4. The van der Waals surface area contributed by atoms with E-state index in [4.69, 9.17) is 0 Å². The van der Waals surface area contributed by atoms with Gasteiger partial charge in [-0.1, -0.05) is 52.3 Å². The van der Waals surface area contributed by atoms with Crippen LogP contribution < -0.4 is 0 Å². The van der Waals surface area contributed by atoms with Crippen LogP contribution in [0.15, 0.2) is 24.3 Å². The van der Waals surface area contributed by atoms with Crippen molar-refractivity contribution in [3.63, 3.8) is 0 Å². The van der Waals surface area contributed by atoms with Gasteiger partial charge in [0, 0.05) is 18.8 Å². The van der Waals surface area contributed by atoms with E-state index in [0.29, 0.717) is 12.8 Å². The van der Waals surface area contributed by atoms with E-state index in [1.165, 1.54) is 0 Å². The van der Waals surface area contributed by atoms with Gasteiger partial charge in [-0.2, -0.15) is 26.3 Å². The van der Waals surface area contributed by atoms with Crippen LogP contribution in [0.4, 0.5) is 26.3 Å². The summed E-state index contributed by atoms with van der Waals surface area (Å²) in [5, 5.41) is 30.1. The minimum absolute atomic E-state index is 0.0195. The molecule has 3 aliphatic rings. The quantitative estimate of drug-likeness (QED) is 0.265. The molecule has 3 saturated carbocycles. The van der Waals surface area contributed by atoms with Crippen molar-refractivity contribution in [2.24, 2.45) is 34.5 Å². The number of halogens is 6. The average Bonchev–Trinajstić information content (AvgIpc) is 2.94. The van der Waals surface area contributed by atoms with Gasteiger partial charge in [-0.3, -0.25) is 0 Å². The van der Waals surface area contributed by atoms with Gasteiger partial charge in [0.25, 0.3) is 0 Å². The lowest BCUT2D eigenvalue weighted by Crippen LogP contribution is -2.61. The molecule has 0 aromatic rings. The SMILES string of the molecule is C=C1C2C[C@@H](O)C[C@]1(O)C2/C=C/[C@@H]1CC[C@](C)([C@H](C)CC#CC(O)(C(F)(F)F)C(F)(F)F)C1(C)C. The topological polar surface area (TPSA) is 60.7 Å². The number of rotatable bonds is 4. The van der Waals surface area contributed by atoms with Crippen LogP contribution in [0.2, 0.25) is 0 Å². The van der Waals surface area contributed by atoms with Gasteiger partial charge in [-0.25, -0.2) is 0 Å². The monoisotopic (exact) mass is 508 g/mol. The molecule has 3 fully saturated rings. The zero-order valence-electron chi connectivity index (χ0n) is 20.4. The van der Waals surface area contributed by atoms with Crippen LogP contribution in [0.25, 0.3) is 0 Å². The maximum absolute atomic E-state index is 12.9. The van der Waals surface area contributed by atoms with Crippen LogP contribution in [0.3, 0.4) is 0 Å². The fourth-order valence-electron chi connectivity index (χ4n) is 6.47. The third-order valence-electron chi connectivity index (χ3n) is 9.57. The molecule has 3 rings (SSSR count).